The van der Waals surface area contributed by atoms with Crippen LogP contribution in [0.25, 0.3) is 0 Å². The number of rotatable bonds is 5. The molecule has 0 amide bonds. The summed E-state index contributed by atoms with van der Waals surface area (Å²) in [6.07, 6.45) is 3.47. The van der Waals surface area contributed by atoms with Crippen molar-refractivity contribution in [1.29, 1.82) is 0 Å². The van der Waals surface area contributed by atoms with Gasteiger partial charge in [0.1, 0.15) is 0 Å². The Hall–Kier alpha value is -0.870. The van der Waals surface area contributed by atoms with Crippen molar-refractivity contribution in [2.45, 2.75) is 25.8 Å². The summed E-state index contributed by atoms with van der Waals surface area (Å²) < 4.78 is 1.01. The third-order valence-electron chi connectivity index (χ3n) is 3.92. The second kappa shape index (κ2) is 6.53. The molecule has 104 valence electrons. The molecule has 3 nitrogen and oxygen atoms in total. The van der Waals surface area contributed by atoms with Gasteiger partial charge in [0.2, 0.25) is 0 Å². The number of nitrogens with zero attached hydrogens (tertiary/aromatic N) is 2. The van der Waals surface area contributed by atoms with E-state index in [0.29, 0.717) is 6.04 Å². The van der Waals surface area contributed by atoms with E-state index in [1.807, 2.05) is 18.2 Å². The van der Waals surface area contributed by atoms with Gasteiger partial charge in [0.15, 0.2) is 6.29 Å². The molecule has 0 aromatic heterocycles. The first-order chi connectivity index (χ1) is 9.15. The van der Waals surface area contributed by atoms with Crippen molar-refractivity contribution in [3.05, 3.63) is 28.2 Å². The zero-order valence-electron chi connectivity index (χ0n) is 11.6. The molecule has 19 heavy (non-hydrogen) atoms. The van der Waals surface area contributed by atoms with Gasteiger partial charge in [-0.15, -0.1) is 0 Å². The standard InChI is InChI=1S/C15H21BrN2O/c1-3-18-8-4-5-14(18)10-17(2)15-9-13(16)7-6-12(15)11-19/h6-7,9,11,14H,3-5,8,10H2,1-2H3. The summed E-state index contributed by atoms with van der Waals surface area (Å²) in [5, 5.41) is 0. The molecule has 1 heterocycles. The lowest BCUT2D eigenvalue weighted by Gasteiger charge is -2.29. The Bertz CT molecular complexity index is 450. The molecule has 4 heteroatoms. The van der Waals surface area contributed by atoms with Gasteiger partial charge in [-0.25, -0.2) is 0 Å². The summed E-state index contributed by atoms with van der Waals surface area (Å²) in [6, 6.07) is 6.41. The molecule has 1 aromatic carbocycles. The maximum absolute atomic E-state index is 11.1. The van der Waals surface area contributed by atoms with E-state index in [0.717, 1.165) is 35.1 Å². The lowest BCUT2D eigenvalue weighted by atomic mass is 10.1. The minimum Gasteiger partial charge on any atom is -0.372 e. The number of hydrogen-bond donors (Lipinski definition) is 0. The van der Waals surface area contributed by atoms with Crippen molar-refractivity contribution in [3.63, 3.8) is 0 Å². The highest BCUT2D eigenvalue weighted by Crippen LogP contribution is 2.25. The Balaban J connectivity index is 2.13. The van der Waals surface area contributed by atoms with Gasteiger partial charge in [0.05, 0.1) is 0 Å². The zero-order valence-corrected chi connectivity index (χ0v) is 13.2. The lowest BCUT2D eigenvalue weighted by molar-refractivity contribution is 0.112. The average Bonchev–Trinajstić information content (AvgIpc) is 2.85. The number of hydrogen-bond acceptors (Lipinski definition) is 3. The summed E-state index contributed by atoms with van der Waals surface area (Å²) in [7, 11) is 2.07. The fourth-order valence-electron chi connectivity index (χ4n) is 2.88. The van der Waals surface area contributed by atoms with Crippen LogP contribution in [-0.2, 0) is 0 Å². The van der Waals surface area contributed by atoms with Crippen molar-refractivity contribution in [2.75, 3.05) is 31.6 Å². The minimum atomic E-state index is 0.605. The van der Waals surface area contributed by atoms with Crippen LogP contribution in [0.15, 0.2) is 22.7 Å². The smallest absolute Gasteiger partial charge is 0.152 e. The number of likely N-dealkylation sites (N-methyl/N-ethyl adjacent to an activating group) is 2. The SMILES string of the molecule is CCN1CCCC1CN(C)c1cc(Br)ccc1C=O. The highest BCUT2D eigenvalue weighted by molar-refractivity contribution is 9.10. The van der Waals surface area contributed by atoms with Crippen LogP contribution in [0.2, 0.25) is 0 Å². The summed E-state index contributed by atoms with van der Waals surface area (Å²) in [6.45, 7) is 5.50. The van der Waals surface area contributed by atoms with Crippen LogP contribution in [0, 0.1) is 0 Å². The predicted molar refractivity (Wildman–Crippen MR) is 83.1 cm³/mol. The summed E-state index contributed by atoms with van der Waals surface area (Å²) >= 11 is 3.48. The van der Waals surface area contributed by atoms with E-state index in [1.54, 1.807) is 0 Å². The number of benzene rings is 1. The molecule has 0 radical (unpaired) electrons. The van der Waals surface area contributed by atoms with Crippen LogP contribution in [0.3, 0.4) is 0 Å². The second-order valence-electron chi connectivity index (χ2n) is 5.13. The second-order valence-corrected chi connectivity index (χ2v) is 6.04. The van der Waals surface area contributed by atoms with E-state index in [4.69, 9.17) is 0 Å². The third-order valence-corrected chi connectivity index (χ3v) is 4.41. The number of carbonyl (C=O) groups is 1. The van der Waals surface area contributed by atoms with Gasteiger partial charge >= 0.3 is 0 Å². The van der Waals surface area contributed by atoms with Gasteiger partial charge in [-0.2, -0.15) is 0 Å². The Morgan fingerprint density at radius 1 is 1.53 bits per heavy atom. The molecular formula is C15H21BrN2O. The molecule has 1 aliphatic heterocycles. The molecule has 0 spiro atoms. The summed E-state index contributed by atoms with van der Waals surface area (Å²) in [4.78, 5) is 15.9. The summed E-state index contributed by atoms with van der Waals surface area (Å²) in [5.74, 6) is 0. The first kappa shape index (κ1) is 14.5. The third kappa shape index (κ3) is 3.37. The molecule has 0 saturated carbocycles. The van der Waals surface area contributed by atoms with Crippen molar-refractivity contribution in [2.24, 2.45) is 0 Å². The van der Waals surface area contributed by atoms with Crippen LogP contribution >= 0.6 is 15.9 Å². The molecule has 1 unspecified atom stereocenters. The van der Waals surface area contributed by atoms with Gasteiger partial charge in [-0.3, -0.25) is 9.69 Å². The minimum absolute atomic E-state index is 0.605. The molecule has 1 aromatic rings. The van der Waals surface area contributed by atoms with Gasteiger partial charge in [0.25, 0.3) is 0 Å². The first-order valence-corrected chi connectivity index (χ1v) is 7.65. The highest BCUT2D eigenvalue weighted by atomic mass is 79.9. The van der Waals surface area contributed by atoms with E-state index in [9.17, 15) is 4.79 Å². The van der Waals surface area contributed by atoms with Crippen LogP contribution in [0.4, 0.5) is 5.69 Å². The monoisotopic (exact) mass is 324 g/mol. The summed E-state index contributed by atoms with van der Waals surface area (Å²) in [5.41, 5.74) is 1.76. The Morgan fingerprint density at radius 2 is 2.32 bits per heavy atom. The van der Waals surface area contributed by atoms with E-state index in [1.165, 1.54) is 19.4 Å². The lowest BCUT2D eigenvalue weighted by Crippen LogP contribution is -2.39. The van der Waals surface area contributed by atoms with Crippen LogP contribution < -0.4 is 4.90 Å². The van der Waals surface area contributed by atoms with Gasteiger partial charge in [0, 0.05) is 35.4 Å². The molecule has 0 bridgehead atoms. The normalized spacial score (nSPS) is 19.6. The van der Waals surface area contributed by atoms with Gasteiger partial charge in [-0.1, -0.05) is 22.9 Å². The molecule has 1 aliphatic rings. The Morgan fingerprint density at radius 3 is 3.00 bits per heavy atom. The number of anilines is 1. The number of likely N-dealkylation sites (tertiary alicyclic amines) is 1. The van der Waals surface area contributed by atoms with E-state index < -0.39 is 0 Å². The molecule has 0 N–H and O–H groups in total. The maximum Gasteiger partial charge on any atom is 0.152 e. The fourth-order valence-corrected chi connectivity index (χ4v) is 3.23. The van der Waals surface area contributed by atoms with E-state index >= 15 is 0 Å². The number of carbonyl (C=O) groups excluding carboxylic acids is 1. The van der Waals surface area contributed by atoms with Crippen molar-refractivity contribution in [3.8, 4) is 0 Å². The largest absolute Gasteiger partial charge is 0.372 e. The first-order valence-electron chi connectivity index (χ1n) is 6.85. The van der Waals surface area contributed by atoms with Crippen molar-refractivity contribution < 1.29 is 4.79 Å². The number of halogens is 1. The van der Waals surface area contributed by atoms with Gasteiger partial charge in [-0.05, 0) is 44.1 Å². The Labute approximate surface area is 123 Å². The topological polar surface area (TPSA) is 23.6 Å². The van der Waals surface area contributed by atoms with Crippen molar-refractivity contribution in [1.82, 2.24) is 4.90 Å². The molecule has 2 rings (SSSR count). The zero-order chi connectivity index (χ0) is 13.8. The molecule has 0 aliphatic carbocycles. The quantitative estimate of drug-likeness (QED) is 0.777. The van der Waals surface area contributed by atoms with Gasteiger partial charge < -0.3 is 4.90 Å². The molecular weight excluding hydrogens is 304 g/mol. The molecule has 1 saturated heterocycles. The van der Waals surface area contributed by atoms with Crippen molar-refractivity contribution >= 4 is 27.9 Å². The highest BCUT2D eigenvalue weighted by Gasteiger charge is 2.24. The van der Waals surface area contributed by atoms with Crippen LogP contribution in [0.1, 0.15) is 30.1 Å². The van der Waals surface area contributed by atoms with E-state index in [-0.39, 0.29) is 0 Å². The van der Waals surface area contributed by atoms with E-state index in [2.05, 4.69) is 39.7 Å². The Kier molecular flexibility index (Phi) is 4.99. The average molecular weight is 325 g/mol. The molecule has 1 atom stereocenters. The molecule has 1 fully saturated rings. The predicted octanol–water partition coefficient (Wildman–Crippen LogP) is 3.18. The van der Waals surface area contributed by atoms with Crippen LogP contribution in [-0.4, -0.2) is 43.9 Å². The van der Waals surface area contributed by atoms with Crippen LogP contribution in [0.5, 0.6) is 0 Å². The number of aldehydes is 1. The maximum atomic E-state index is 11.1. The fraction of sp³-hybridized carbons (Fsp3) is 0.533.